The average Bonchev–Trinajstić information content (AvgIpc) is 3.11. The summed E-state index contributed by atoms with van der Waals surface area (Å²) >= 11 is 0. The zero-order valence-electron chi connectivity index (χ0n) is 13.7. The second-order valence-electron chi connectivity index (χ2n) is 5.73. The highest BCUT2D eigenvalue weighted by Crippen LogP contribution is 2.47. The van der Waals surface area contributed by atoms with E-state index in [-0.39, 0.29) is 25.2 Å². The molecular formula is C20H14N2O4. The van der Waals surface area contributed by atoms with Crippen molar-refractivity contribution < 1.29 is 18.9 Å². The first-order chi connectivity index (χ1) is 12.7. The van der Waals surface area contributed by atoms with Crippen molar-refractivity contribution in [2.24, 2.45) is 5.73 Å². The Labute approximate surface area is 150 Å². The minimum Gasteiger partial charge on any atom is -0.481 e. The number of allylic oxidation sites excluding steroid dienone is 1. The van der Waals surface area contributed by atoms with E-state index in [0.29, 0.717) is 28.6 Å². The van der Waals surface area contributed by atoms with E-state index in [9.17, 15) is 5.26 Å². The van der Waals surface area contributed by atoms with Gasteiger partial charge in [-0.25, -0.2) is 0 Å². The fourth-order valence-corrected chi connectivity index (χ4v) is 3.07. The lowest BCUT2D eigenvalue weighted by Gasteiger charge is -2.26. The van der Waals surface area contributed by atoms with E-state index in [1.54, 1.807) is 18.2 Å². The Kier molecular flexibility index (Phi) is 3.79. The Morgan fingerprint density at radius 3 is 2.58 bits per heavy atom. The molecule has 0 radical (unpaired) electrons. The van der Waals surface area contributed by atoms with Crippen LogP contribution in [0.5, 0.6) is 23.0 Å². The van der Waals surface area contributed by atoms with Crippen molar-refractivity contribution in [3.05, 3.63) is 59.0 Å². The van der Waals surface area contributed by atoms with E-state index in [4.69, 9.17) is 31.1 Å². The average molecular weight is 346 g/mol. The van der Waals surface area contributed by atoms with Gasteiger partial charge < -0.3 is 24.7 Å². The van der Waals surface area contributed by atoms with Gasteiger partial charge in [-0.3, -0.25) is 0 Å². The van der Waals surface area contributed by atoms with Crippen molar-refractivity contribution >= 4 is 0 Å². The van der Waals surface area contributed by atoms with Crippen molar-refractivity contribution in [3.8, 4) is 41.4 Å². The second-order valence-corrected chi connectivity index (χ2v) is 5.73. The summed E-state index contributed by atoms with van der Waals surface area (Å²) in [5.74, 6) is 4.53. The van der Waals surface area contributed by atoms with Crippen LogP contribution in [0.1, 0.15) is 17.0 Å². The number of rotatable bonds is 3. The predicted octanol–water partition coefficient (Wildman–Crippen LogP) is 2.65. The Hall–Kier alpha value is -3.77. The van der Waals surface area contributed by atoms with Crippen LogP contribution in [-0.2, 0) is 0 Å². The van der Waals surface area contributed by atoms with E-state index in [2.05, 4.69) is 12.0 Å². The molecule has 2 aliphatic heterocycles. The van der Waals surface area contributed by atoms with Gasteiger partial charge in [0.1, 0.15) is 29.7 Å². The molecule has 0 spiro atoms. The summed E-state index contributed by atoms with van der Waals surface area (Å²) in [6, 6.07) is 13.1. The van der Waals surface area contributed by atoms with Crippen LogP contribution in [0.4, 0.5) is 0 Å². The van der Waals surface area contributed by atoms with Crippen molar-refractivity contribution in [1.82, 2.24) is 0 Å². The van der Waals surface area contributed by atoms with Gasteiger partial charge in [0, 0.05) is 11.6 Å². The Balaban J connectivity index is 1.79. The monoisotopic (exact) mass is 346 g/mol. The molecule has 4 rings (SSSR count). The third-order valence-corrected chi connectivity index (χ3v) is 4.25. The van der Waals surface area contributed by atoms with Crippen LogP contribution in [0.3, 0.4) is 0 Å². The fourth-order valence-electron chi connectivity index (χ4n) is 3.07. The number of hydrogen-bond acceptors (Lipinski definition) is 6. The summed E-state index contributed by atoms with van der Waals surface area (Å²) in [6.45, 7) is 0.345. The molecule has 1 atom stereocenters. The van der Waals surface area contributed by atoms with Gasteiger partial charge in [0.2, 0.25) is 12.7 Å². The number of nitrogens with zero attached hydrogens (tertiary/aromatic N) is 1. The molecule has 2 aliphatic rings. The third kappa shape index (κ3) is 2.54. The normalized spacial score (nSPS) is 16.9. The van der Waals surface area contributed by atoms with Crippen LogP contribution in [0, 0.1) is 23.7 Å². The number of hydrogen-bond donors (Lipinski definition) is 1. The molecule has 0 bridgehead atoms. The summed E-state index contributed by atoms with van der Waals surface area (Å²) in [4.78, 5) is 0. The number of fused-ring (bicyclic) bond motifs is 2. The summed E-state index contributed by atoms with van der Waals surface area (Å²) in [6.07, 6.45) is 5.21. The molecule has 0 aromatic heterocycles. The highest BCUT2D eigenvalue weighted by Gasteiger charge is 2.33. The molecule has 6 nitrogen and oxygen atoms in total. The summed E-state index contributed by atoms with van der Waals surface area (Å²) in [7, 11) is 0. The van der Waals surface area contributed by atoms with Crippen LogP contribution < -0.4 is 24.7 Å². The molecule has 6 heteroatoms. The fraction of sp³-hybridized carbons (Fsp3) is 0.150. The molecule has 2 N–H and O–H groups in total. The van der Waals surface area contributed by atoms with E-state index in [0.717, 1.165) is 11.1 Å². The van der Waals surface area contributed by atoms with Crippen LogP contribution in [0.15, 0.2) is 47.9 Å². The molecule has 0 saturated heterocycles. The van der Waals surface area contributed by atoms with E-state index < -0.39 is 0 Å². The third-order valence-electron chi connectivity index (χ3n) is 4.25. The van der Waals surface area contributed by atoms with Crippen molar-refractivity contribution in [3.63, 3.8) is 0 Å². The maximum absolute atomic E-state index is 9.61. The van der Waals surface area contributed by atoms with Crippen LogP contribution in [0.25, 0.3) is 0 Å². The molecule has 0 saturated carbocycles. The van der Waals surface area contributed by atoms with Crippen LogP contribution >= 0.6 is 0 Å². The lowest BCUT2D eigenvalue weighted by atomic mass is 9.83. The van der Waals surface area contributed by atoms with Gasteiger partial charge >= 0.3 is 0 Å². The predicted molar refractivity (Wildman–Crippen MR) is 92.6 cm³/mol. The van der Waals surface area contributed by atoms with Crippen molar-refractivity contribution in [1.29, 1.82) is 5.26 Å². The summed E-state index contributed by atoms with van der Waals surface area (Å²) < 4.78 is 21.9. The molecule has 2 aromatic carbocycles. The maximum Gasteiger partial charge on any atom is 0.231 e. The second kappa shape index (κ2) is 6.27. The molecule has 2 heterocycles. The molecule has 0 unspecified atom stereocenters. The first-order valence-electron chi connectivity index (χ1n) is 7.88. The number of terminal acetylenes is 1. The minimum atomic E-state index is -0.375. The van der Waals surface area contributed by atoms with Gasteiger partial charge in [-0.1, -0.05) is 18.1 Å². The van der Waals surface area contributed by atoms with Gasteiger partial charge in [-0.2, -0.15) is 5.26 Å². The zero-order valence-corrected chi connectivity index (χ0v) is 13.7. The number of nitrogens with two attached hydrogens (primary N) is 1. The van der Waals surface area contributed by atoms with Crippen molar-refractivity contribution in [2.45, 2.75) is 5.92 Å². The van der Waals surface area contributed by atoms with E-state index >= 15 is 0 Å². The van der Waals surface area contributed by atoms with Gasteiger partial charge in [-0.15, -0.1) is 6.42 Å². The van der Waals surface area contributed by atoms with Gasteiger partial charge in [-0.05, 0) is 23.8 Å². The smallest absolute Gasteiger partial charge is 0.231 e. The molecule has 0 amide bonds. The zero-order chi connectivity index (χ0) is 18.1. The Morgan fingerprint density at radius 1 is 1.15 bits per heavy atom. The lowest BCUT2D eigenvalue weighted by molar-refractivity contribution is 0.174. The van der Waals surface area contributed by atoms with E-state index in [1.807, 2.05) is 18.2 Å². The lowest BCUT2D eigenvalue weighted by Crippen LogP contribution is -2.21. The van der Waals surface area contributed by atoms with Gasteiger partial charge in [0.05, 0.1) is 5.92 Å². The first kappa shape index (κ1) is 15.7. The van der Waals surface area contributed by atoms with Gasteiger partial charge in [0.25, 0.3) is 0 Å². The molecule has 26 heavy (non-hydrogen) atoms. The SMILES string of the molecule is C#CCOc1ccc([C@@H]2C(C#N)=C(N)Oc3cc4c(cc32)OCO4)cc1. The summed E-state index contributed by atoms with van der Waals surface area (Å²) in [5, 5.41) is 9.61. The highest BCUT2D eigenvalue weighted by atomic mass is 16.7. The van der Waals surface area contributed by atoms with E-state index in [1.165, 1.54) is 0 Å². The molecular weight excluding hydrogens is 332 g/mol. The molecule has 0 aliphatic carbocycles. The standard InChI is InChI=1S/C20H14N2O4/c1-2-7-23-13-5-3-12(4-6-13)19-14-8-17-18(25-11-24-17)9-16(14)26-20(22)15(19)10-21/h1,3-6,8-9,19H,7,11,22H2/t19-/m0/s1. The van der Waals surface area contributed by atoms with Crippen molar-refractivity contribution in [2.75, 3.05) is 13.4 Å². The maximum atomic E-state index is 9.61. The highest BCUT2D eigenvalue weighted by molar-refractivity contribution is 5.61. The topological polar surface area (TPSA) is 86.7 Å². The summed E-state index contributed by atoms with van der Waals surface area (Å²) in [5.41, 5.74) is 8.00. The number of benzene rings is 2. The number of ether oxygens (including phenoxy) is 4. The largest absolute Gasteiger partial charge is 0.481 e. The molecule has 0 fully saturated rings. The Morgan fingerprint density at radius 2 is 1.88 bits per heavy atom. The van der Waals surface area contributed by atoms with Crippen LogP contribution in [0.2, 0.25) is 0 Å². The van der Waals surface area contributed by atoms with Crippen LogP contribution in [-0.4, -0.2) is 13.4 Å². The quantitative estimate of drug-likeness (QED) is 0.860. The first-order valence-corrected chi connectivity index (χ1v) is 7.88. The minimum absolute atomic E-state index is 0.0801. The molecule has 128 valence electrons. The van der Waals surface area contributed by atoms with Gasteiger partial charge in [0.15, 0.2) is 11.5 Å². The molecule has 2 aromatic rings. The Bertz CT molecular complexity index is 981. The number of nitriles is 1.